The number of hydrogen-bond acceptors (Lipinski definition) is 4. The molecule has 126 valence electrons. The normalized spacial score (nSPS) is 15.3. The van der Waals surface area contributed by atoms with Crippen LogP contribution in [0.15, 0.2) is 12.4 Å². The molecule has 1 heterocycles. The number of amides is 1. The monoisotopic (exact) mass is 323 g/mol. The lowest BCUT2D eigenvalue weighted by Crippen LogP contribution is -2.47. The number of imidazole rings is 1. The first-order chi connectivity index (χ1) is 9.87. The Morgan fingerprint density at radius 3 is 2.41 bits per heavy atom. The van der Waals surface area contributed by atoms with Gasteiger partial charge in [0.25, 0.3) is 0 Å². The zero-order valence-corrected chi connectivity index (χ0v) is 12.9. The fourth-order valence-electron chi connectivity index (χ4n) is 1.80. The number of nitrogens with zero attached hydrogens (tertiary/aromatic N) is 2. The number of aromatic nitrogens is 2. The Labute approximate surface area is 126 Å². The van der Waals surface area contributed by atoms with Gasteiger partial charge in [0.2, 0.25) is 5.60 Å². The van der Waals surface area contributed by atoms with Crippen LogP contribution in [0.4, 0.5) is 18.0 Å². The smallest absolute Gasteiger partial charge is 0.424 e. The number of rotatable bonds is 4. The molecule has 9 heteroatoms. The summed E-state index contributed by atoms with van der Waals surface area (Å²) in [6.45, 7) is 4.48. The third kappa shape index (κ3) is 4.36. The summed E-state index contributed by atoms with van der Waals surface area (Å²) < 4.78 is 45.6. The van der Waals surface area contributed by atoms with Crippen LogP contribution in [0.3, 0.4) is 0 Å². The summed E-state index contributed by atoms with van der Waals surface area (Å²) in [7, 11) is 1.35. The van der Waals surface area contributed by atoms with E-state index in [1.807, 2.05) is 0 Å². The van der Waals surface area contributed by atoms with Gasteiger partial charge in [0.1, 0.15) is 11.4 Å². The van der Waals surface area contributed by atoms with Gasteiger partial charge in [-0.05, 0) is 20.8 Å². The van der Waals surface area contributed by atoms with Crippen molar-refractivity contribution in [2.45, 2.75) is 44.6 Å². The van der Waals surface area contributed by atoms with E-state index in [-0.39, 0.29) is 0 Å². The van der Waals surface area contributed by atoms with Gasteiger partial charge in [0.05, 0.1) is 0 Å². The van der Waals surface area contributed by atoms with E-state index in [0.717, 1.165) is 10.8 Å². The Balaban J connectivity index is 2.77. The fraction of sp³-hybridized carbons (Fsp3) is 0.692. The molecule has 1 rings (SSSR count). The Hall–Kier alpha value is -1.77. The predicted octanol–water partition coefficient (Wildman–Crippen LogP) is 2.08. The highest BCUT2D eigenvalue weighted by Gasteiger charge is 2.57. The Morgan fingerprint density at radius 1 is 1.41 bits per heavy atom. The molecular weight excluding hydrogens is 303 g/mol. The fourth-order valence-corrected chi connectivity index (χ4v) is 1.80. The molecule has 0 unspecified atom stereocenters. The second kappa shape index (κ2) is 6.15. The van der Waals surface area contributed by atoms with Crippen molar-refractivity contribution in [2.24, 2.45) is 7.05 Å². The number of hydrogen-bond donors (Lipinski definition) is 2. The zero-order valence-electron chi connectivity index (χ0n) is 12.9. The first-order valence-corrected chi connectivity index (χ1v) is 6.60. The van der Waals surface area contributed by atoms with Crippen LogP contribution in [-0.4, -0.2) is 39.1 Å². The van der Waals surface area contributed by atoms with E-state index in [0.29, 0.717) is 0 Å². The summed E-state index contributed by atoms with van der Waals surface area (Å²) in [6.07, 6.45) is -4.10. The molecule has 0 saturated carbocycles. The van der Waals surface area contributed by atoms with Gasteiger partial charge in [0, 0.05) is 32.4 Å². The highest BCUT2D eigenvalue weighted by Crippen LogP contribution is 2.40. The van der Waals surface area contributed by atoms with E-state index in [2.05, 4.69) is 10.3 Å². The molecule has 22 heavy (non-hydrogen) atoms. The molecule has 1 aromatic rings. The standard InChI is InChI=1S/C13H20F3N3O3/c1-11(2,3)22-10(20)18-6-5-12(21,13(14,15)16)9-17-7-8-19(9)4/h7-8,21H,5-6H2,1-4H3,(H,18,20)/t12-/m0/s1. The molecule has 0 saturated heterocycles. The number of nitrogens with one attached hydrogen (secondary N) is 1. The van der Waals surface area contributed by atoms with Crippen molar-refractivity contribution in [3.8, 4) is 0 Å². The van der Waals surface area contributed by atoms with Crippen molar-refractivity contribution in [3.63, 3.8) is 0 Å². The van der Waals surface area contributed by atoms with Crippen molar-refractivity contribution in [1.82, 2.24) is 14.9 Å². The van der Waals surface area contributed by atoms with Crippen LogP contribution < -0.4 is 5.32 Å². The molecule has 6 nitrogen and oxygen atoms in total. The van der Waals surface area contributed by atoms with Gasteiger partial charge in [-0.2, -0.15) is 13.2 Å². The SMILES string of the molecule is Cn1ccnc1[C@@](O)(CCNC(=O)OC(C)(C)C)C(F)(F)F. The van der Waals surface area contributed by atoms with E-state index < -0.39 is 42.3 Å². The van der Waals surface area contributed by atoms with E-state index in [1.165, 1.54) is 13.2 Å². The van der Waals surface area contributed by atoms with E-state index in [1.54, 1.807) is 20.8 Å². The van der Waals surface area contributed by atoms with Gasteiger partial charge >= 0.3 is 12.3 Å². The highest BCUT2D eigenvalue weighted by molar-refractivity contribution is 5.67. The van der Waals surface area contributed by atoms with E-state index in [9.17, 15) is 23.1 Å². The maximum absolute atomic E-state index is 13.2. The maximum atomic E-state index is 13.2. The van der Waals surface area contributed by atoms with Crippen LogP contribution in [0, 0.1) is 0 Å². The summed E-state index contributed by atoms with van der Waals surface area (Å²) >= 11 is 0. The minimum Gasteiger partial charge on any atom is -0.444 e. The minimum atomic E-state index is -4.93. The molecular formula is C13H20F3N3O3. The first-order valence-electron chi connectivity index (χ1n) is 6.60. The molecule has 0 aliphatic carbocycles. The third-order valence-corrected chi connectivity index (χ3v) is 2.82. The summed E-state index contributed by atoms with van der Waals surface area (Å²) in [5, 5.41) is 12.2. The molecule has 1 aromatic heterocycles. The third-order valence-electron chi connectivity index (χ3n) is 2.82. The summed E-state index contributed by atoms with van der Waals surface area (Å²) in [5.41, 5.74) is -3.91. The van der Waals surface area contributed by atoms with Crippen molar-refractivity contribution < 1.29 is 27.8 Å². The quantitative estimate of drug-likeness (QED) is 0.889. The van der Waals surface area contributed by atoms with Gasteiger partial charge < -0.3 is 19.7 Å². The Bertz CT molecular complexity index is 523. The lowest BCUT2D eigenvalue weighted by molar-refractivity contribution is -0.272. The van der Waals surface area contributed by atoms with Crippen LogP contribution >= 0.6 is 0 Å². The van der Waals surface area contributed by atoms with Crippen LogP contribution in [0.2, 0.25) is 0 Å². The number of alkyl halides is 3. The number of halogens is 3. The number of alkyl carbamates (subject to hydrolysis) is 1. The van der Waals surface area contributed by atoms with Crippen molar-refractivity contribution >= 4 is 6.09 Å². The van der Waals surface area contributed by atoms with Gasteiger partial charge in [0.15, 0.2) is 0 Å². The number of aryl methyl sites for hydroxylation is 1. The van der Waals surface area contributed by atoms with E-state index >= 15 is 0 Å². The predicted molar refractivity (Wildman–Crippen MR) is 72.0 cm³/mol. The lowest BCUT2D eigenvalue weighted by atomic mass is 9.97. The van der Waals surface area contributed by atoms with Crippen LogP contribution in [0.5, 0.6) is 0 Å². The largest absolute Gasteiger partial charge is 0.444 e. The summed E-state index contributed by atoms with van der Waals surface area (Å²) in [5.74, 6) is -0.536. The molecule has 0 radical (unpaired) electrons. The zero-order chi connectivity index (χ0) is 17.2. The number of aliphatic hydroxyl groups is 1. The maximum Gasteiger partial charge on any atom is 0.424 e. The van der Waals surface area contributed by atoms with Gasteiger partial charge in [-0.15, -0.1) is 0 Å². The molecule has 0 aliphatic rings. The summed E-state index contributed by atoms with van der Waals surface area (Å²) in [6, 6.07) is 0. The molecule has 0 bridgehead atoms. The molecule has 0 fully saturated rings. The Morgan fingerprint density at radius 2 is 2.00 bits per heavy atom. The first kappa shape index (κ1) is 18.3. The number of carbonyl (C=O) groups is 1. The van der Waals surface area contributed by atoms with Gasteiger partial charge in [-0.1, -0.05) is 0 Å². The molecule has 1 amide bonds. The molecule has 2 N–H and O–H groups in total. The van der Waals surface area contributed by atoms with Gasteiger partial charge in [-0.3, -0.25) is 0 Å². The number of ether oxygens (including phenoxy) is 1. The second-order valence-corrected chi connectivity index (χ2v) is 5.90. The number of carbonyl (C=O) groups excluding carboxylic acids is 1. The van der Waals surface area contributed by atoms with Crippen LogP contribution in [-0.2, 0) is 17.4 Å². The highest BCUT2D eigenvalue weighted by atomic mass is 19.4. The molecule has 0 aliphatic heterocycles. The lowest BCUT2D eigenvalue weighted by Gasteiger charge is -2.30. The van der Waals surface area contributed by atoms with Crippen molar-refractivity contribution in [1.29, 1.82) is 0 Å². The molecule has 0 spiro atoms. The second-order valence-electron chi connectivity index (χ2n) is 5.90. The van der Waals surface area contributed by atoms with Gasteiger partial charge in [-0.25, -0.2) is 9.78 Å². The topological polar surface area (TPSA) is 76.4 Å². The molecule has 0 aromatic carbocycles. The average molecular weight is 323 g/mol. The van der Waals surface area contributed by atoms with Crippen LogP contribution in [0.25, 0.3) is 0 Å². The van der Waals surface area contributed by atoms with Crippen molar-refractivity contribution in [3.05, 3.63) is 18.2 Å². The average Bonchev–Trinajstić information content (AvgIpc) is 2.71. The summed E-state index contributed by atoms with van der Waals surface area (Å²) in [4.78, 5) is 15.0. The van der Waals surface area contributed by atoms with Crippen LogP contribution in [0.1, 0.15) is 33.0 Å². The minimum absolute atomic E-state index is 0.419. The van der Waals surface area contributed by atoms with Crippen molar-refractivity contribution in [2.75, 3.05) is 6.54 Å². The van der Waals surface area contributed by atoms with E-state index in [4.69, 9.17) is 4.74 Å². The molecule has 1 atom stereocenters. The Kier molecular flexibility index (Phi) is 5.11.